The third kappa shape index (κ3) is 0.716. The summed E-state index contributed by atoms with van der Waals surface area (Å²) in [5.74, 6) is 0. The van der Waals surface area contributed by atoms with Crippen LogP contribution in [0.1, 0.15) is 38.5 Å². The average molecular weight is 182 g/mol. The highest BCUT2D eigenvalue weighted by Crippen LogP contribution is 2.53. The Labute approximate surface area is 84.7 Å². The van der Waals surface area contributed by atoms with Gasteiger partial charge in [0.2, 0.25) is 0 Å². The second-order valence-electron chi connectivity index (χ2n) is 4.80. The molecule has 0 fully saturated rings. The number of hydrogen-bond donors (Lipinski definition) is 0. The van der Waals surface area contributed by atoms with E-state index >= 15 is 0 Å². The summed E-state index contributed by atoms with van der Waals surface area (Å²) >= 11 is 0. The van der Waals surface area contributed by atoms with Crippen LogP contribution in [0, 0.1) is 0 Å². The number of fused-ring (bicyclic) bond motifs is 3. The maximum absolute atomic E-state index is 2.46. The van der Waals surface area contributed by atoms with Crippen LogP contribution in [0.25, 0.3) is 0 Å². The maximum atomic E-state index is 2.46. The van der Waals surface area contributed by atoms with E-state index in [0.29, 0.717) is 0 Å². The van der Waals surface area contributed by atoms with Gasteiger partial charge >= 0.3 is 0 Å². The first-order valence-corrected chi connectivity index (χ1v) is 5.77. The van der Waals surface area contributed by atoms with E-state index in [0.717, 1.165) is 0 Å². The molecule has 0 unspecified atom stereocenters. The zero-order valence-electron chi connectivity index (χ0n) is 8.40. The van der Waals surface area contributed by atoms with Crippen LogP contribution in [-0.2, 0) is 0 Å². The molecule has 0 spiro atoms. The molecule has 0 aromatic carbocycles. The second-order valence-corrected chi connectivity index (χ2v) is 4.80. The van der Waals surface area contributed by atoms with Gasteiger partial charge in [0, 0.05) is 0 Å². The summed E-state index contributed by atoms with van der Waals surface area (Å²) in [5, 5.41) is 0. The van der Waals surface area contributed by atoms with Crippen LogP contribution in [0.4, 0.5) is 0 Å². The van der Waals surface area contributed by atoms with Crippen LogP contribution in [0.2, 0.25) is 0 Å². The molecular weight excluding hydrogens is 168 g/mol. The molecule has 4 aliphatic rings. The van der Waals surface area contributed by atoms with Gasteiger partial charge in [0.1, 0.15) is 0 Å². The molecule has 0 aliphatic heterocycles. The van der Waals surface area contributed by atoms with E-state index in [1.807, 2.05) is 0 Å². The molecule has 0 N–H and O–H groups in total. The lowest BCUT2D eigenvalue weighted by Crippen LogP contribution is -1.80. The first-order valence-electron chi connectivity index (χ1n) is 5.77. The first-order chi connectivity index (χ1) is 6.93. The fourth-order valence-electron chi connectivity index (χ4n) is 3.57. The maximum Gasteiger partial charge on any atom is -0.00203 e. The molecule has 0 saturated carbocycles. The molecule has 70 valence electrons. The van der Waals surface area contributed by atoms with Gasteiger partial charge in [-0.05, 0) is 72.0 Å². The van der Waals surface area contributed by atoms with Crippen molar-refractivity contribution in [3.8, 4) is 0 Å². The van der Waals surface area contributed by atoms with Crippen molar-refractivity contribution >= 4 is 0 Å². The molecule has 0 amide bonds. The summed E-state index contributed by atoms with van der Waals surface area (Å²) in [6.07, 6.45) is 12.7. The predicted molar refractivity (Wildman–Crippen MR) is 57.9 cm³/mol. The Morgan fingerprint density at radius 1 is 0.643 bits per heavy atom. The Morgan fingerprint density at radius 3 is 1.64 bits per heavy atom. The van der Waals surface area contributed by atoms with Crippen LogP contribution in [0.15, 0.2) is 45.6 Å². The van der Waals surface area contributed by atoms with E-state index in [2.05, 4.69) is 12.2 Å². The Balaban J connectivity index is 1.95. The van der Waals surface area contributed by atoms with E-state index in [1.165, 1.54) is 38.5 Å². The van der Waals surface area contributed by atoms with Crippen LogP contribution in [-0.4, -0.2) is 0 Å². The molecule has 0 heteroatoms. The molecule has 4 aliphatic carbocycles. The van der Waals surface area contributed by atoms with Gasteiger partial charge in [-0.15, -0.1) is 0 Å². The lowest BCUT2D eigenvalue weighted by molar-refractivity contribution is 1.03. The molecule has 0 nitrogen and oxygen atoms in total. The van der Waals surface area contributed by atoms with E-state index < -0.39 is 0 Å². The summed E-state index contributed by atoms with van der Waals surface area (Å²) < 4.78 is 0. The van der Waals surface area contributed by atoms with Crippen molar-refractivity contribution in [1.82, 2.24) is 0 Å². The van der Waals surface area contributed by atoms with Gasteiger partial charge in [-0.3, -0.25) is 0 Å². The molecule has 0 aromatic rings. The molecule has 14 heavy (non-hydrogen) atoms. The monoisotopic (exact) mass is 182 g/mol. The summed E-state index contributed by atoms with van der Waals surface area (Å²) in [6.45, 7) is 0. The van der Waals surface area contributed by atoms with Gasteiger partial charge in [-0.2, -0.15) is 0 Å². The van der Waals surface area contributed by atoms with Crippen LogP contribution >= 0.6 is 0 Å². The normalized spacial score (nSPS) is 28.0. The first kappa shape index (κ1) is 7.28. The number of allylic oxidation sites excluding steroid dienone is 8. The largest absolute Gasteiger partial charge is 0.0804 e. The van der Waals surface area contributed by atoms with Crippen molar-refractivity contribution in [2.45, 2.75) is 38.5 Å². The topological polar surface area (TPSA) is 0 Å². The molecule has 0 radical (unpaired) electrons. The predicted octanol–water partition coefficient (Wildman–Crippen LogP) is 3.83. The van der Waals surface area contributed by atoms with E-state index in [4.69, 9.17) is 0 Å². The summed E-state index contributed by atoms with van der Waals surface area (Å²) in [6, 6.07) is 0. The quantitative estimate of drug-likeness (QED) is 0.534. The van der Waals surface area contributed by atoms with Gasteiger partial charge < -0.3 is 0 Å². The minimum absolute atomic E-state index is 1.28. The van der Waals surface area contributed by atoms with Crippen LogP contribution in [0.3, 0.4) is 0 Å². The molecular formula is C14H14. The lowest BCUT2D eigenvalue weighted by Gasteiger charge is -1.99. The number of hydrogen-bond acceptors (Lipinski definition) is 0. The fraction of sp³-hybridized carbons (Fsp3) is 0.429. The highest BCUT2D eigenvalue weighted by atomic mass is 14.4. The Bertz CT molecular complexity index is 408. The van der Waals surface area contributed by atoms with Crippen LogP contribution in [0.5, 0.6) is 0 Å². The van der Waals surface area contributed by atoms with E-state index in [1.54, 1.807) is 33.4 Å². The molecule has 0 aromatic heterocycles. The van der Waals surface area contributed by atoms with Gasteiger partial charge in [0.25, 0.3) is 0 Å². The molecule has 0 heterocycles. The molecule has 4 rings (SSSR count). The van der Waals surface area contributed by atoms with Crippen molar-refractivity contribution in [3.63, 3.8) is 0 Å². The fourth-order valence-corrected chi connectivity index (χ4v) is 3.57. The van der Waals surface area contributed by atoms with E-state index in [-0.39, 0.29) is 0 Å². The Morgan fingerprint density at radius 2 is 1.14 bits per heavy atom. The number of rotatable bonds is 0. The smallest absolute Gasteiger partial charge is 0.00203 e. The van der Waals surface area contributed by atoms with Crippen LogP contribution < -0.4 is 0 Å². The highest BCUT2D eigenvalue weighted by Gasteiger charge is 2.35. The van der Waals surface area contributed by atoms with E-state index in [9.17, 15) is 0 Å². The minimum Gasteiger partial charge on any atom is -0.0804 e. The minimum atomic E-state index is 1.28. The van der Waals surface area contributed by atoms with Crippen molar-refractivity contribution in [3.05, 3.63) is 45.6 Å². The van der Waals surface area contributed by atoms with Gasteiger partial charge in [-0.1, -0.05) is 12.2 Å². The SMILES string of the molecule is C1=C2CC3=C4CCC=C4CC3=C2CC1. The van der Waals surface area contributed by atoms with Crippen molar-refractivity contribution in [2.75, 3.05) is 0 Å². The standard InChI is InChI=1S/C14H14/c1-3-9-7-14-12-6-2-4-10(12)8-13(14)11(9)5-1/h3-4H,1-2,5-8H2. The average Bonchev–Trinajstić information content (AvgIpc) is 2.80. The Kier molecular flexibility index (Phi) is 1.20. The third-order valence-electron chi connectivity index (χ3n) is 4.17. The molecule has 0 bridgehead atoms. The summed E-state index contributed by atoms with van der Waals surface area (Å²) in [7, 11) is 0. The third-order valence-corrected chi connectivity index (χ3v) is 4.17. The summed E-state index contributed by atoms with van der Waals surface area (Å²) in [5.41, 5.74) is 10.3. The van der Waals surface area contributed by atoms with Gasteiger partial charge in [0.15, 0.2) is 0 Å². The molecule has 0 saturated heterocycles. The van der Waals surface area contributed by atoms with Crippen molar-refractivity contribution in [1.29, 1.82) is 0 Å². The highest BCUT2D eigenvalue weighted by molar-refractivity contribution is 5.67. The Hall–Kier alpha value is -1.04. The zero-order chi connectivity index (χ0) is 9.12. The van der Waals surface area contributed by atoms with Crippen molar-refractivity contribution in [2.24, 2.45) is 0 Å². The van der Waals surface area contributed by atoms with Crippen molar-refractivity contribution < 1.29 is 0 Å². The summed E-state index contributed by atoms with van der Waals surface area (Å²) in [4.78, 5) is 0. The lowest BCUT2D eigenvalue weighted by atomic mass is 10.1. The molecule has 0 atom stereocenters. The van der Waals surface area contributed by atoms with Gasteiger partial charge in [-0.25, -0.2) is 0 Å². The second kappa shape index (κ2) is 2.31. The zero-order valence-corrected chi connectivity index (χ0v) is 8.40. The van der Waals surface area contributed by atoms with Gasteiger partial charge in [0.05, 0.1) is 0 Å².